The Hall–Kier alpha value is -3.84. The van der Waals surface area contributed by atoms with Crippen molar-refractivity contribution in [2.24, 2.45) is 5.10 Å². The Kier molecular flexibility index (Phi) is 9.49. The second-order valence-electron chi connectivity index (χ2n) is 7.22. The molecule has 0 fully saturated rings. The van der Waals surface area contributed by atoms with Crippen LogP contribution in [0, 0.1) is 0 Å². The quantitative estimate of drug-likeness (QED) is 0.133. The first-order valence-electron chi connectivity index (χ1n) is 10.8. The molecule has 0 aliphatic carbocycles. The molecule has 1 amide bonds. The first-order chi connectivity index (χ1) is 16.5. The maximum atomic E-state index is 12.2. The molecule has 1 N–H and O–H groups in total. The molecule has 0 aromatic heterocycles. The molecule has 3 aromatic rings. The lowest BCUT2D eigenvalue weighted by atomic mass is 10.2. The van der Waals surface area contributed by atoms with Crippen LogP contribution in [-0.4, -0.2) is 31.3 Å². The zero-order valence-electron chi connectivity index (χ0n) is 18.7. The number of hydrogen-bond donors (Lipinski definition) is 1. The molecule has 3 aromatic carbocycles. The van der Waals surface area contributed by atoms with Gasteiger partial charge in [-0.25, -0.2) is 10.2 Å². The summed E-state index contributed by atoms with van der Waals surface area (Å²) in [5.41, 5.74) is 3.47. The van der Waals surface area contributed by atoms with Gasteiger partial charge in [-0.3, -0.25) is 4.79 Å². The van der Waals surface area contributed by atoms with Crippen LogP contribution in [0.1, 0.15) is 35.7 Å². The third kappa shape index (κ3) is 8.26. The number of unbranched alkanes of at least 4 members (excludes halogenated alkanes) is 1. The fourth-order valence-electron chi connectivity index (χ4n) is 2.73. The van der Waals surface area contributed by atoms with Gasteiger partial charge < -0.3 is 14.2 Å². The van der Waals surface area contributed by atoms with E-state index in [1.54, 1.807) is 66.7 Å². The van der Waals surface area contributed by atoms with Crippen molar-refractivity contribution in [3.63, 3.8) is 0 Å². The van der Waals surface area contributed by atoms with E-state index >= 15 is 0 Å². The molecule has 8 heteroatoms. The Balaban J connectivity index is 1.40. The monoisotopic (exact) mass is 480 g/mol. The molecule has 0 heterocycles. The second-order valence-corrected chi connectivity index (χ2v) is 7.66. The summed E-state index contributed by atoms with van der Waals surface area (Å²) < 4.78 is 16.4. The van der Waals surface area contributed by atoms with Crippen LogP contribution in [0.3, 0.4) is 0 Å². The van der Waals surface area contributed by atoms with E-state index in [2.05, 4.69) is 17.5 Å². The Morgan fingerprint density at radius 2 is 1.62 bits per heavy atom. The Labute approximate surface area is 203 Å². The summed E-state index contributed by atoms with van der Waals surface area (Å²) in [6.07, 6.45) is 3.55. The van der Waals surface area contributed by atoms with E-state index in [0.717, 1.165) is 18.6 Å². The highest BCUT2D eigenvalue weighted by Crippen LogP contribution is 2.18. The summed E-state index contributed by atoms with van der Waals surface area (Å²) in [7, 11) is 0. The molecule has 0 atom stereocenters. The molecule has 0 radical (unpaired) electrons. The lowest BCUT2D eigenvalue weighted by Gasteiger charge is -2.08. The molecule has 0 spiro atoms. The van der Waals surface area contributed by atoms with E-state index in [4.69, 9.17) is 25.8 Å². The number of carbonyl (C=O) groups is 2. The average Bonchev–Trinajstić information content (AvgIpc) is 2.85. The molecule has 0 saturated carbocycles. The maximum absolute atomic E-state index is 12.2. The maximum Gasteiger partial charge on any atom is 0.343 e. The minimum Gasteiger partial charge on any atom is -0.494 e. The molecular weight excluding hydrogens is 456 g/mol. The van der Waals surface area contributed by atoms with E-state index in [1.807, 2.05) is 0 Å². The zero-order chi connectivity index (χ0) is 24.2. The van der Waals surface area contributed by atoms with Crippen molar-refractivity contribution in [2.45, 2.75) is 19.8 Å². The van der Waals surface area contributed by atoms with Gasteiger partial charge in [0.1, 0.15) is 17.2 Å². The minimum absolute atomic E-state index is 0.175. The molecule has 0 aliphatic heterocycles. The van der Waals surface area contributed by atoms with E-state index in [9.17, 15) is 9.59 Å². The predicted molar refractivity (Wildman–Crippen MR) is 131 cm³/mol. The number of carbonyl (C=O) groups excluding carboxylic acids is 2. The summed E-state index contributed by atoms with van der Waals surface area (Å²) in [5, 5.41) is 4.37. The first-order valence-corrected chi connectivity index (χ1v) is 11.2. The number of hydrazone groups is 1. The van der Waals surface area contributed by atoms with Crippen molar-refractivity contribution in [1.82, 2.24) is 5.43 Å². The molecule has 176 valence electrons. The number of nitrogens with one attached hydrogen (secondary N) is 1. The number of amides is 1. The van der Waals surface area contributed by atoms with E-state index < -0.39 is 11.9 Å². The Morgan fingerprint density at radius 3 is 2.29 bits per heavy atom. The van der Waals surface area contributed by atoms with Crippen molar-refractivity contribution >= 4 is 29.7 Å². The molecule has 0 aliphatic rings. The van der Waals surface area contributed by atoms with Crippen molar-refractivity contribution in [1.29, 1.82) is 0 Å². The summed E-state index contributed by atoms with van der Waals surface area (Å²) in [6.45, 7) is 2.61. The van der Waals surface area contributed by atoms with Crippen molar-refractivity contribution in [2.75, 3.05) is 13.2 Å². The summed E-state index contributed by atoms with van der Waals surface area (Å²) >= 11 is 5.89. The number of ether oxygens (including phenoxy) is 3. The molecule has 0 saturated heterocycles. The predicted octanol–water partition coefficient (Wildman–Crippen LogP) is 5.27. The van der Waals surface area contributed by atoms with Gasteiger partial charge in [0.2, 0.25) is 0 Å². The molecule has 34 heavy (non-hydrogen) atoms. The van der Waals surface area contributed by atoms with E-state index in [1.165, 1.54) is 12.3 Å². The van der Waals surface area contributed by atoms with Crippen LogP contribution < -0.4 is 19.6 Å². The molecule has 3 rings (SSSR count). The lowest BCUT2D eigenvalue weighted by Crippen LogP contribution is -2.24. The van der Waals surface area contributed by atoms with Gasteiger partial charge in [-0.05, 0) is 78.7 Å². The number of rotatable bonds is 11. The Bertz CT molecular complexity index is 1110. The summed E-state index contributed by atoms with van der Waals surface area (Å²) in [4.78, 5) is 24.1. The van der Waals surface area contributed by atoms with Crippen LogP contribution in [-0.2, 0) is 4.79 Å². The molecular formula is C26H25ClN2O5. The number of esters is 1. The Morgan fingerprint density at radius 1 is 0.941 bits per heavy atom. The summed E-state index contributed by atoms with van der Waals surface area (Å²) in [5.74, 6) is 0.799. The number of benzene rings is 3. The van der Waals surface area contributed by atoms with Crippen LogP contribution in [0.25, 0.3) is 0 Å². The summed E-state index contributed by atoms with van der Waals surface area (Å²) in [6, 6.07) is 20.3. The fraction of sp³-hybridized carbons (Fsp3) is 0.192. The molecule has 0 bridgehead atoms. The fourth-order valence-corrected chi connectivity index (χ4v) is 2.92. The van der Waals surface area contributed by atoms with Gasteiger partial charge in [-0.15, -0.1) is 0 Å². The third-order valence-electron chi connectivity index (χ3n) is 4.51. The SMILES string of the molecule is CCCCOc1ccc(OCC(=O)N/N=C\c2ccc(OC(=O)c3cccc(Cl)c3)cc2)cc1. The lowest BCUT2D eigenvalue weighted by molar-refractivity contribution is -0.123. The van der Waals surface area contributed by atoms with Crippen LogP contribution in [0.5, 0.6) is 17.2 Å². The van der Waals surface area contributed by atoms with Crippen LogP contribution >= 0.6 is 11.6 Å². The highest BCUT2D eigenvalue weighted by atomic mass is 35.5. The highest BCUT2D eigenvalue weighted by molar-refractivity contribution is 6.30. The van der Waals surface area contributed by atoms with Crippen molar-refractivity contribution < 1.29 is 23.8 Å². The number of halogens is 1. The highest BCUT2D eigenvalue weighted by Gasteiger charge is 2.09. The van der Waals surface area contributed by atoms with Gasteiger partial charge in [0, 0.05) is 5.02 Å². The standard InChI is InChI=1S/C26H25ClN2O5/c1-2-3-15-32-22-11-13-23(14-12-22)33-18-25(30)29-28-17-19-7-9-24(10-8-19)34-26(31)20-5-4-6-21(27)16-20/h4-14,16-17H,2-3,15,18H2,1H3,(H,29,30)/b28-17-. The van der Waals surface area contributed by atoms with Gasteiger partial charge in [0.15, 0.2) is 6.61 Å². The normalized spacial score (nSPS) is 10.6. The van der Waals surface area contributed by atoms with Gasteiger partial charge >= 0.3 is 5.97 Å². The number of hydrogen-bond acceptors (Lipinski definition) is 6. The number of nitrogens with zero attached hydrogens (tertiary/aromatic N) is 1. The minimum atomic E-state index is -0.505. The van der Waals surface area contributed by atoms with Gasteiger partial charge in [0.05, 0.1) is 18.4 Å². The van der Waals surface area contributed by atoms with Crippen LogP contribution in [0.2, 0.25) is 5.02 Å². The topological polar surface area (TPSA) is 86.2 Å². The van der Waals surface area contributed by atoms with E-state index in [0.29, 0.717) is 34.3 Å². The zero-order valence-corrected chi connectivity index (χ0v) is 19.5. The van der Waals surface area contributed by atoms with Crippen LogP contribution in [0.15, 0.2) is 77.9 Å². The average molecular weight is 481 g/mol. The van der Waals surface area contributed by atoms with E-state index in [-0.39, 0.29) is 6.61 Å². The first kappa shape index (κ1) is 24.8. The largest absolute Gasteiger partial charge is 0.494 e. The smallest absolute Gasteiger partial charge is 0.343 e. The van der Waals surface area contributed by atoms with Gasteiger partial charge in [-0.2, -0.15) is 5.10 Å². The van der Waals surface area contributed by atoms with Gasteiger partial charge in [-0.1, -0.05) is 31.0 Å². The molecule has 7 nitrogen and oxygen atoms in total. The van der Waals surface area contributed by atoms with Crippen molar-refractivity contribution in [3.8, 4) is 17.2 Å². The molecule has 0 unspecified atom stereocenters. The third-order valence-corrected chi connectivity index (χ3v) is 4.75. The van der Waals surface area contributed by atoms with Gasteiger partial charge in [0.25, 0.3) is 5.91 Å². The second kappa shape index (κ2) is 13.0. The van der Waals surface area contributed by atoms with Crippen LogP contribution in [0.4, 0.5) is 0 Å². The van der Waals surface area contributed by atoms with Crippen molar-refractivity contribution in [3.05, 3.63) is 88.9 Å².